The quantitative estimate of drug-likeness (QED) is 0.777. The van der Waals surface area contributed by atoms with E-state index in [1.54, 1.807) is 0 Å². The van der Waals surface area contributed by atoms with Gasteiger partial charge in [-0.2, -0.15) is 0 Å². The van der Waals surface area contributed by atoms with E-state index in [1.165, 1.54) is 5.56 Å². The molecule has 0 aliphatic carbocycles. The lowest BCUT2D eigenvalue weighted by Gasteiger charge is -2.43. The SMILES string of the molecule is O=C1CO[C@H]2CCN(C(=O)N3CCC(Cc4ccc(Cl)cc4)CC3)C[C@H]2C1. The van der Waals surface area contributed by atoms with E-state index < -0.39 is 0 Å². The Bertz CT molecular complexity index is 685. The van der Waals surface area contributed by atoms with Gasteiger partial charge in [-0.25, -0.2) is 4.79 Å². The van der Waals surface area contributed by atoms with E-state index in [0.29, 0.717) is 18.9 Å². The number of ketones is 1. The van der Waals surface area contributed by atoms with Crippen LogP contribution in [0.1, 0.15) is 31.2 Å². The first kappa shape index (κ1) is 18.8. The standard InChI is InChI=1S/C21H27ClN2O3/c22-18-3-1-15(2-4-18)11-16-5-8-23(9-6-16)21(26)24-10-7-20-17(13-24)12-19(25)14-27-20/h1-4,16-17,20H,5-14H2/t17-,20+/m1/s1. The van der Waals surface area contributed by atoms with Gasteiger partial charge in [-0.15, -0.1) is 0 Å². The lowest BCUT2D eigenvalue weighted by atomic mass is 9.88. The fraction of sp³-hybridized carbons (Fsp3) is 0.619. The zero-order valence-electron chi connectivity index (χ0n) is 15.6. The van der Waals surface area contributed by atoms with Gasteiger partial charge in [0.2, 0.25) is 0 Å². The Hall–Kier alpha value is -1.59. The molecule has 6 heteroatoms. The van der Waals surface area contributed by atoms with Crippen molar-refractivity contribution in [1.82, 2.24) is 9.80 Å². The maximum atomic E-state index is 12.9. The molecule has 5 nitrogen and oxygen atoms in total. The average molecular weight is 391 g/mol. The number of Topliss-reactive ketones (excluding diaryl/α,β-unsaturated/α-hetero) is 1. The summed E-state index contributed by atoms with van der Waals surface area (Å²) in [5.41, 5.74) is 1.31. The van der Waals surface area contributed by atoms with Crippen LogP contribution in [0.15, 0.2) is 24.3 Å². The lowest BCUT2D eigenvalue weighted by molar-refractivity contribution is -0.140. The Morgan fingerprint density at radius 2 is 1.78 bits per heavy atom. The zero-order valence-corrected chi connectivity index (χ0v) is 16.4. The van der Waals surface area contributed by atoms with E-state index in [-0.39, 0.29) is 30.4 Å². The van der Waals surface area contributed by atoms with E-state index in [4.69, 9.17) is 16.3 Å². The van der Waals surface area contributed by atoms with Crippen LogP contribution in [-0.4, -0.2) is 60.5 Å². The molecule has 2 amide bonds. The molecule has 3 fully saturated rings. The molecule has 2 atom stereocenters. The van der Waals surface area contributed by atoms with Crippen molar-refractivity contribution in [3.63, 3.8) is 0 Å². The van der Waals surface area contributed by atoms with Gasteiger partial charge in [0.05, 0.1) is 6.10 Å². The van der Waals surface area contributed by atoms with E-state index in [1.807, 2.05) is 21.9 Å². The van der Waals surface area contributed by atoms with Crippen LogP contribution in [0, 0.1) is 11.8 Å². The predicted molar refractivity (Wildman–Crippen MR) is 104 cm³/mol. The lowest BCUT2D eigenvalue weighted by Crippen LogP contribution is -2.54. The van der Waals surface area contributed by atoms with Crippen molar-refractivity contribution in [3.8, 4) is 0 Å². The Labute approximate surface area is 165 Å². The van der Waals surface area contributed by atoms with Crippen molar-refractivity contribution in [3.05, 3.63) is 34.9 Å². The number of urea groups is 1. The number of piperidine rings is 2. The molecule has 0 bridgehead atoms. The predicted octanol–water partition coefficient (Wildman–Crippen LogP) is 3.39. The minimum Gasteiger partial charge on any atom is -0.370 e. The van der Waals surface area contributed by atoms with Gasteiger partial charge in [0.1, 0.15) is 6.61 Å². The van der Waals surface area contributed by atoms with Crippen LogP contribution in [0.25, 0.3) is 0 Å². The van der Waals surface area contributed by atoms with Gasteiger partial charge in [-0.05, 0) is 49.3 Å². The van der Waals surface area contributed by atoms with Crippen molar-refractivity contribution in [1.29, 1.82) is 0 Å². The van der Waals surface area contributed by atoms with E-state index in [2.05, 4.69) is 12.1 Å². The molecular formula is C21H27ClN2O3. The summed E-state index contributed by atoms with van der Waals surface area (Å²) in [6.45, 7) is 3.27. The summed E-state index contributed by atoms with van der Waals surface area (Å²) in [5.74, 6) is 0.949. The van der Waals surface area contributed by atoms with Gasteiger partial charge in [0, 0.05) is 43.5 Å². The van der Waals surface area contributed by atoms with Gasteiger partial charge >= 0.3 is 6.03 Å². The minimum atomic E-state index is 0.136. The second kappa shape index (κ2) is 8.19. The Morgan fingerprint density at radius 3 is 2.52 bits per heavy atom. The van der Waals surface area contributed by atoms with E-state index in [0.717, 1.165) is 50.3 Å². The summed E-state index contributed by atoms with van der Waals surface area (Å²) < 4.78 is 5.64. The topological polar surface area (TPSA) is 49.9 Å². The van der Waals surface area contributed by atoms with Gasteiger partial charge in [-0.3, -0.25) is 4.79 Å². The van der Waals surface area contributed by atoms with Crippen LogP contribution in [0.2, 0.25) is 5.02 Å². The molecule has 0 N–H and O–H groups in total. The number of ether oxygens (including phenoxy) is 1. The molecular weight excluding hydrogens is 364 g/mol. The second-order valence-electron chi connectivity index (χ2n) is 8.13. The monoisotopic (exact) mass is 390 g/mol. The van der Waals surface area contributed by atoms with Crippen molar-refractivity contribution in [2.75, 3.05) is 32.8 Å². The maximum absolute atomic E-state index is 12.9. The molecule has 3 heterocycles. The highest BCUT2D eigenvalue weighted by Crippen LogP contribution is 2.29. The molecule has 3 aliphatic heterocycles. The van der Waals surface area contributed by atoms with Crippen molar-refractivity contribution >= 4 is 23.4 Å². The fourth-order valence-corrected chi connectivity index (χ4v) is 4.76. The van der Waals surface area contributed by atoms with Crippen LogP contribution in [0.4, 0.5) is 4.79 Å². The van der Waals surface area contributed by atoms with Gasteiger partial charge in [0.25, 0.3) is 0 Å². The number of benzene rings is 1. The number of halogens is 1. The second-order valence-corrected chi connectivity index (χ2v) is 8.57. The van der Waals surface area contributed by atoms with Crippen LogP contribution in [0.3, 0.4) is 0 Å². The van der Waals surface area contributed by atoms with Crippen molar-refractivity contribution in [2.24, 2.45) is 11.8 Å². The van der Waals surface area contributed by atoms with E-state index >= 15 is 0 Å². The largest absolute Gasteiger partial charge is 0.370 e. The number of hydrogen-bond donors (Lipinski definition) is 0. The first-order valence-electron chi connectivity index (χ1n) is 10.00. The normalized spacial score (nSPS) is 26.8. The summed E-state index contributed by atoms with van der Waals surface area (Å²) >= 11 is 5.96. The molecule has 1 aromatic carbocycles. The Balaban J connectivity index is 1.27. The third kappa shape index (κ3) is 4.46. The minimum absolute atomic E-state index is 0.136. The number of carbonyl (C=O) groups is 2. The number of likely N-dealkylation sites (tertiary alicyclic amines) is 2. The van der Waals surface area contributed by atoms with Crippen LogP contribution in [0.5, 0.6) is 0 Å². The Kier molecular flexibility index (Phi) is 5.69. The summed E-state index contributed by atoms with van der Waals surface area (Å²) in [6.07, 6.45) is 4.67. The van der Waals surface area contributed by atoms with Crippen LogP contribution < -0.4 is 0 Å². The van der Waals surface area contributed by atoms with Crippen molar-refractivity contribution in [2.45, 2.75) is 38.2 Å². The average Bonchev–Trinajstić information content (AvgIpc) is 2.69. The summed E-state index contributed by atoms with van der Waals surface area (Å²) in [5, 5.41) is 0.771. The number of hydrogen-bond acceptors (Lipinski definition) is 3. The molecule has 27 heavy (non-hydrogen) atoms. The van der Waals surface area contributed by atoms with E-state index in [9.17, 15) is 9.59 Å². The smallest absolute Gasteiger partial charge is 0.320 e. The van der Waals surface area contributed by atoms with Gasteiger partial charge in [-0.1, -0.05) is 23.7 Å². The number of carbonyl (C=O) groups excluding carboxylic acids is 2. The molecule has 0 unspecified atom stereocenters. The van der Waals surface area contributed by atoms with Crippen LogP contribution >= 0.6 is 11.6 Å². The van der Waals surface area contributed by atoms with Crippen molar-refractivity contribution < 1.29 is 14.3 Å². The highest BCUT2D eigenvalue weighted by Gasteiger charge is 2.38. The van der Waals surface area contributed by atoms with Crippen LogP contribution in [-0.2, 0) is 16.0 Å². The first-order valence-corrected chi connectivity index (χ1v) is 10.4. The molecule has 4 rings (SSSR count). The highest BCUT2D eigenvalue weighted by atomic mass is 35.5. The fourth-order valence-electron chi connectivity index (χ4n) is 4.63. The summed E-state index contributed by atoms with van der Waals surface area (Å²) in [7, 11) is 0. The molecule has 1 aromatic rings. The first-order chi connectivity index (χ1) is 13.1. The summed E-state index contributed by atoms with van der Waals surface area (Å²) in [4.78, 5) is 28.5. The number of rotatable bonds is 2. The molecule has 3 saturated heterocycles. The molecule has 0 saturated carbocycles. The molecule has 0 spiro atoms. The Morgan fingerprint density at radius 1 is 1.07 bits per heavy atom. The molecule has 3 aliphatic rings. The number of fused-ring (bicyclic) bond motifs is 1. The van der Waals surface area contributed by atoms with Gasteiger partial charge < -0.3 is 14.5 Å². The third-order valence-corrected chi connectivity index (χ3v) is 6.46. The number of amides is 2. The number of nitrogens with zero attached hydrogens (tertiary/aromatic N) is 2. The summed E-state index contributed by atoms with van der Waals surface area (Å²) in [6, 6.07) is 8.21. The van der Waals surface area contributed by atoms with Gasteiger partial charge in [0.15, 0.2) is 5.78 Å². The molecule has 0 radical (unpaired) electrons. The highest BCUT2D eigenvalue weighted by molar-refractivity contribution is 6.30. The molecule has 146 valence electrons. The third-order valence-electron chi connectivity index (χ3n) is 6.21. The molecule has 0 aromatic heterocycles. The maximum Gasteiger partial charge on any atom is 0.320 e. The zero-order chi connectivity index (χ0) is 18.8.